The zero-order chi connectivity index (χ0) is 7.84. The molecule has 0 aromatic heterocycles. The lowest BCUT2D eigenvalue weighted by molar-refractivity contribution is 0.914. The van der Waals surface area contributed by atoms with Crippen molar-refractivity contribution in [3.05, 3.63) is 34.3 Å². The molecule has 0 N–H and O–H groups in total. The van der Waals surface area contributed by atoms with Crippen LogP contribution in [0.4, 0.5) is 0 Å². The van der Waals surface area contributed by atoms with E-state index in [1.807, 2.05) is 0 Å². The first-order chi connectivity index (χ1) is 5.27. The lowest BCUT2D eigenvalue weighted by Crippen LogP contribution is -1.79. The Hall–Kier alpha value is -0.300. The van der Waals surface area contributed by atoms with Crippen molar-refractivity contribution in [3.8, 4) is 0 Å². The van der Waals surface area contributed by atoms with E-state index in [1.54, 1.807) is 0 Å². The second-order valence-corrected chi connectivity index (χ2v) is 4.29. The largest absolute Gasteiger partial charge is 0.0619 e. The summed E-state index contributed by atoms with van der Waals surface area (Å²) in [7, 11) is 0. The van der Waals surface area contributed by atoms with Gasteiger partial charge in [0.1, 0.15) is 0 Å². The van der Waals surface area contributed by atoms with Gasteiger partial charge in [0.05, 0.1) is 0 Å². The van der Waals surface area contributed by atoms with Crippen LogP contribution in [0, 0.1) is 5.92 Å². The predicted octanol–water partition coefficient (Wildman–Crippen LogP) is 3.57. The van der Waals surface area contributed by atoms with Crippen LogP contribution in [0.25, 0.3) is 0 Å². The van der Waals surface area contributed by atoms with Crippen LogP contribution in [0.3, 0.4) is 0 Å². The van der Waals surface area contributed by atoms with Crippen molar-refractivity contribution in [2.75, 3.05) is 0 Å². The summed E-state index contributed by atoms with van der Waals surface area (Å²) in [6.45, 7) is 2.31. The van der Waals surface area contributed by atoms with E-state index in [-0.39, 0.29) is 0 Å². The highest BCUT2D eigenvalue weighted by molar-refractivity contribution is 9.10. The van der Waals surface area contributed by atoms with Crippen LogP contribution < -0.4 is 0 Å². The summed E-state index contributed by atoms with van der Waals surface area (Å²) in [5.41, 5.74) is 1.49. The van der Waals surface area contributed by atoms with Gasteiger partial charge in [0.25, 0.3) is 0 Å². The number of hydrogen-bond donors (Lipinski definition) is 0. The maximum absolute atomic E-state index is 3.48. The Kier molecular flexibility index (Phi) is 1.76. The molecule has 2 rings (SSSR count). The second-order valence-electron chi connectivity index (χ2n) is 3.37. The first-order valence-electron chi connectivity index (χ1n) is 4.03. The predicted molar refractivity (Wildman–Crippen MR) is 50.7 cm³/mol. The number of rotatable bonds is 1. The van der Waals surface area contributed by atoms with Gasteiger partial charge in [0.2, 0.25) is 0 Å². The molecule has 0 spiro atoms. The van der Waals surface area contributed by atoms with E-state index in [0.29, 0.717) is 0 Å². The molecule has 1 aliphatic carbocycles. The average Bonchev–Trinajstić information content (AvgIpc) is 2.67. The fourth-order valence-electron chi connectivity index (χ4n) is 1.52. The van der Waals surface area contributed by atoms with E-state index in [2.05, 4.69) is 47.1 Å². The topological polar surface area (TPSA) is 0 Å². The molecule has 0 unspecified atom stereocenters. The maximum atomic E-state index is 3.48. The van der Waals surface area contributed by atoms with E-state index in [0.717, 1.165) is 11.8 Å². The Labute approximate surface area is 75.8 Å². The standard InChI is InChI=1S/C10H11Br/c1-7-5-10(7)8-3-2-4-9(11)6-8/h2-4,6-7,10H,5H2,1H3/t7-,10-/m0/s1. The number of hydrogen-bond acceptors (Lipinski definition) is 0. The number of halogens is 1. The third kappa shape index (κ3) is 1.48. The van der Waals surface area contributed by atoms with Gasteiger partial charge in [-0.3, -0.25) is 0 Å². The molecule has 0 amide bonds. The van der Waals surface area contributed by atoms with E-state index in [9.17, 15) is 0 Å². The van der Waals surface area contributed by atoms with E-state index in [1.165, 1.54) is 16.5 Å². The van der Waals surface area contributed by atoms with Gasteiger partial charge < -0.3 is 0 Å². The van der Waals surface area contributed by atoms with Gasteiger partial charge in [-0.05, 0) is 36.0 Å². The number of benzene rings is 1. The van der Waals surface area contributed by atoms with Crippen LogP contribution in [-0.2, 0) is 0 Å². The van der Waals surface area contributed by atoms with Crippen molar-refractivity contribution in [1.82, 2.24) is 0 Å². The van der Waals surface area contributed by atoms with Crippen molar-refractivity contribution in [2.45, 2.75) is 19.3 Å². The van der Waals surface area contributed by atoms with E-state index >= 15 is 0 Å². The van der Waals surface area contributed by atoms with Gasteiger partial charge in [-0.2, -0.15) is 0 Å². The van der Waals surface area contributed by atoms with Gasteiger partial charge >= 0.3 is 0 Å². The Morgan fingerprint density at radius 1 is 1.45 bits per heavy atom. The van der Waals surface area contributed by atoms with Gasteiger partial charge in [0.15, 0.2) is 0 Å². The summed E-state index contributed by atoms with van der Waals surface area (Å²) < 4.78 is 1.20. The molecule has 0 nitrogen and oxygen atoms in total. The zero-order valence-electron chi connectivity index (χ0n) is 6.55. The summed E-state index contributed by atoms with van der Waals surface area (Å²) in [4.78, 5) is 0. The van der Waals surface area contributed by atoms with Crippen LogP contribution in [0.2, 0.25) is 0 Å². The highest BCUT2D eigenvalue weighted by Gasteiger charge is 2.33. The van der Waals surface area contributed by atoms with Crippen LogP contribution >= 0.6 is 15.9 Å². The van der Waals surface area contributed by atoms with Crippen molar-refractivity contribution >= 4 is 15.9 Å². The summed E-state index contributed by atoms with van der Waals surface area (Å²) in [6, 6.07) is 8.65. The third-order valence-corrected chi connectivity index (χ3v) is 2.88. The Bertz CT molecular complexity index is 267. The molecule has 1 saturated carbocycles. The highest BCUT2D eigenvalue weighted by Crippen LogP contribution is 2.47. The SMILES string of the molecule is C[C@H]1C[C@@H]1c1cccc(Br)c1. The Balaban J connectivity index is 2.25. The summed E-state index contributed by atoms with van der Waals surface area (Å²) in [5.74, 6) is 1.75. The van der Waals surface area contributed by atoms with Crippen molar-refractivity contribution in [3.63, 3.8) is 0 Å². The lowest BCUT2D eigenvalue weighted by atomic mass is 10.1. The van der Waals surface area contributed by atoms with Crippen molar-refractivity contribution in [2.24, 2.45) is 5.92 Å². The first kappa shape index (κ1) is 7.35. The Morgan fingerprint density at radius 2 is 2.18 bits per heavy atom. The molecular formula is C10H11Br. The van der Waals surface area contributed by atoms with E-state index in [4.69, 9.17) is 0 Å². The highest BCUT2D eigenvalue weighted by atomic mass is 79.9. The van der Waals surface area contributed by atoms with Gasteiger partial charge in [-0.1, -0.05) is 35.0 Å². The van der Waals surface area contributed by atoms with E-state index < -0.39 is 0 Å². The molecule has 1 heteroatoms. The normalized spacial score (nSPS) is 28.5. The van der Waals surface area contributed by atoms with Gasteiger partial charge in [0, 0.05) is 4.47 Å². The lowest BCUT2D eigenvalue weighted by Gasteiger charge is -1.97. The molecule has 0 radical (unpaired) electrons. The van der Waals surface area contributed by atoms with Crippen LogP contribution in [0.1, 0.15) is 24.8 Å². The van der Waals surface area contributed by atoms with Crippen LogP contribution in [0.5, 0.6) is 0 Å². The molecular weight excluding hydrogens is 200 g/mol. The molecule has 58 valence electrons. The minimum absolute atomic E-state index is 0.840. The third-order valence-electron chi connectivity index (χ3n) is 2.39. The molecule has 0 bridgehead atoms. The van der Waals surface area contributed by atoms with Crippen LogP contribution in [-0.4, -0.2) is 0 Å². The summed E-state index contributed by atoms with van der Waals surface area (Å²) >= 11 is 3.48. The minimum Gasteiger partial charge on any atom is -0.0619 e. The monoisotopic (exact) mass is 210 g/mol. The molecule has 0 heterocycles. The zero-order valence-corrected chi connectivity index (χ0v) is 8.14. The quantitative estimate of drug-likeness (QED) is 0.666. The summed E-state index contributed by atoms with van der Waals surface area (Å²) in [6.07, 6.45) is 1.37. The minimum atomic E-state index is 0.840. The molecule has 1 aromatic carbocycles. The fourth-order valence-corrected chi connectivity index (χ4v) is 1.94. The Morgan fingerprint density at radius 3 is 2.73 bits per heavy atom. The van der Waals surface area contributed by atoms with Gasteiger partial charge in [-0.15, -0.1) is 0 Å². The molecule has 2 atom stereocenters. The van der Waals surface area contributed by atoms with Crippen LogP contribution in [0.15, 0.2) is 28.7 Å². The summed E-state index contributed by atoms with van der Waals surface area (Å²) in [5, 5.41) is 0. The molecule has 11 heavy (non-hydrogen) atoms. The molecule has 0 aliphatic heterocycles. The molecule has 1 aromatic rings. The van der Waals surface area contributed by atoms with Crippen molar-refractivity contribution in [1.29, 1.82) is 0 Å². The molecule has 1 fully saturated rings. The fraction of sp³-hybridized carbons (Fsp3) is 0.400. The smallest absolute Gasteiger partial charge is 0.0178 e. The second kappa shape index (κ2) is 2.63. The first-order valence-corrected chi connectivity index (χ1v) is 4.82. The molecule has 1 aliphatic rings. The average molecular weight is 211 g/mol. The van der Waals surface area contributed by atoms with Crippen molar-refractivity contribution < 1.29 is 0 Å². The van der Waals surface area contributed by atoms with Gasteiger partial charge in [-0.25, -0.2) is 0 Å². The molecule has 0 saturated heterocycles. The maximum Gasteiger partial charge on any atom is 0.0178 e.